The lowest BCUT2D eigenvalue weighted by molar-refractivity contribution is -0.490. The summed E-state index contributed by atoms with van der Waals surface area (Å²) in [5, 5.41) is 13.5. The maximum atomic E-state index is 12.0. The Labute approximate surface area is 157 Å². The molecule has 0 heterocycles. The van der Waals surface area contributed by atoms with E-state index in [1.807, 2.05) is 26.0 Å². The smallest absolute Gasteiger partial charge is 0.307 e. The van der Waals surface area contributed by atoms with Crippen LogP contribution in [0.3, 0.4) is 0 Å². The third-order valence-electron chi connectivity index (χ3n) is 4.95. The number of ether oxygens (including phenoxy) is 1. The molecule has 2 rings (SSSR count). The number of hydrogen-bond donors (Lipinski definition) is 1. The number of nitrogens with one attached hydrogen (secondary N) is 1. The number of benzene rings is 1. The third-order valence-corrected chi connectivity index (χ3v) is 4.95. The Bertz CT molecular complexity index is 761. The lowest BCUT2D eigenvalue weighted by atomic mass is 9.88. The molecule has 8 nitrogen and oxygen atoms in total. The highest BCUT2D eigenvalue weighted by atomic mass is 16.6. The molecule has 8 heteroatoms. The molecule has 0 spiro atoms. The van der Waals surface area contributed by atoms with Crippen LogP contribution in [0.1, 0.15) is 30.9 Å². The van der Waals surface area contributed by atoms with Crippen LogP contribution in [0.4, 0.5) is 5.69 Å². The summed E-state index contributed by atoms with van der Waals surface area (Å²) in [4.78, 5) is 46.4. The van der Waals surface area contributed by atoms with Crippen LogP contribution in [0, 0.1) is 41.7 Å². The molecule has 1 N–H and O–H groups in total. The highest BCUT2D eigenvalue weighted by Crippen LogP contribution is 2.36. The van der Waals surface area contributed by atoms with Gasteiger partial charge < -0.3 is 10.1 Å². The Morgan fingerprint density at radius 3 is 2.67 bits per heavy atom. The SMILES string of the molecule is Cc1ccc(NC(=O)COC(=O)C[C@@H]2C(=O)C[C@@H](C)[C@H]2C[N+](=O)[O-])c(C)c1. The van der Waals surface area contributed by atoms with Gasteiger partial charge in [0.2, 0.25) is 6.54 Å². The van der Waals surface area contributed by atoms with E-state index in [9.17, 15) is 24.5 Å². The summed E-state index contributed by atoms with van der Waals surface area (Å²) in [5.41, 5.74) is 2.59. The third kappa shape index (κ3) is 5.60. The minimum absolute atomic E-state index is 0.145. The number of aryl methyl sites for hydroxylation is 2. The van der Waals surface area contributed by atoms with Gasteiger partial charge in [-0.05, 0) is 31.4 Å². The highest BCUT2D eigenvalue weighted by Gasteiger charge is 2.44. The van der Waals surface area contributed by atoms with Crippen molar-refractivity contribution in [2.75, 3.05) is 18.5 Å². The Kier molecular flexibility index (Phi) is 6.65. The Hall–Kier alpha value is -2.77. The van der Waals surface area contributed by atoms with Crippen LogP contribution in [-0.4, -0.2) is 35.7 Å². The summed E-state index contributed by atoms with van der Waals surface area (Å²) in [6, 6.07) is 5.55. The van der Waals surface area contributed by atoms with Gasteiger partial charge in [-0.1, -0.05) is 24.6 Å². The van der Waals surface area contributed by atoms with Crippen LogP contribution in [0.25, 0.3) is 0 Å². The number of anilines is 1. The van der Waals surface area contributed by atoms with E-state index in [0.717, 1.165) is 11.1 Å². The molecule has 0 unspecified atom stereocenters. The van der Waals surface area contributed by atoms with Gasteiger partial charge in [-0.15, -0.1) is 0 Å². The Morgan fingerprint density at radius 2 is 2.04 bits per heavy atom. The first-order valence-electron chi connectivity index (χ1n) is 8.84. The van der Waals surface area contributed by atoms with Crippen LogP contribution in [0.15, 0.2) is 18.2 Å². The summed E-state index contributed by atoms with van der Waals surface area (Å²) in [5.74, 6) is -2.70. The number of carbonyl (C=O) groups excluding carboxylic acids is 3. The molecule has 0 aromatic heterocycles. The quantitative estimate of drug-likeness (QED) is 0.443. The van der Waals surface area contributed by atoms with Gasteiger partial charge in [-0.25, -0.2) is 0 Å². The van der Waals surface area contributed by atoms with Gasteiger partial charge in [-0.2, -0.15) is 0 Å². The molecule has 146 valence electrons. The lowest BCUT2D eigenvalue weighted by Crippen LogP contribution is -2.28. The fourth-order valence-electron chi connectivity index (χ4n) is 3.52. The minimum Gasteiger partial charge on any atom is -0.456 e. The van der Waals surface area contributed by atoms with Crippen molar-refractivity contribution in [3.63, 3.8) is 0 Å². The largest absolute Gasteiger partial charge is 0.456 e. The first kappa shape index (κ1) is 20.5. The van der Waals surface area contributed by atoms with E-state index in [4.69, 9.17) is 4.74 Å². The predicted molar refractivity (Wildman–Crippen MR) is 97.8 cm³/mol. The van der Waals surface area contributed by atoms with Crippen molar-refractivity contribution in [1.82, 2.24) is 0 Å². The van der Waals surface area contributed by atoms with Crippen LogP contribution in [0.5, 0.6) is 0 Å². The van der Waals surface area contributed by atoms with E-state index < -0.39 is 35.2 Å². The number of esters is 1. The van der Waals surface area contributed by atoms with Gasteiger partial charge in [0.25, 0.3) is 5.91 Å². The average molecular weight is 376 g/mol. The number of ketones is 1. The first-order chi connectivity index (χ1) is 12.7. The van der Waals surface area contributed by atoms with E-state index in [2.05, 4.69) is 5.32 Å². The Balaban J connectivity index is 1.86. The molecule has 1 aliphatic rings. The zero-order valence-electron chi connectivity index (χ0n) is 15.7. The van der Waals surface area contributed by atoms with Gasteiger partial charge in [-0.3, -0.25) is 24.5 Å². The molecule has 0 aliphatic heterocycles. The number of nitrogens with zero attached hydrogens (tertiary/aromatic N) is 1. The second-order valence-corrected chi connectivity index (χ2v) is 7.16. The number of amides is 1. The van der Waals surface area contributed by atoms with Crippen molar-refractivity contribution in [2.45, 2.75) is 33.6 Å². The van der Waals surface area contributed by atoms with E-state index in [0.29, 0.717) is 5.69 Å². The van der Waals surface area contributed by atoms with Crippen molar-refractivity contribution in [3.05, 3.63) is 39.4 Å². The standard InChI is InChI=1S/C19H24N2O6/c1-11-4-5-16(13(3)6-11)20-18(23)10-27-19(24)8-14-15(9-21(25)26)12(2)7-17(14)22/h4-6,12,14-15H,7-10H2,1-3H3,(H,20,23)/t12-,14+,15-/m1/s1. The number of rotatable bonds is 7. The molecule has 1 amide bonds. The monoisotopic (exact) mass is 376 g/mol. The van der Waals surface area contributed by atoms with E-state index >= 15 is 0 Å². The van der Waals surface area contributed by atoms with Gasteiger partial charge in [0.05, 0.1) is 6.42 Å². The van der Waals surface area contributed by atoms with E-state index in [1.165, 1.54) is 0 Å². The molecular formula is C19H24N2O6. The van der Waals surface area contributed by atoms with Crippen LogP contribution < -0.4 is 5.32 Å². The van der Waals surface area contributed by atoms with Crippen molar-refractivity contribution in [1.29, 1.82) is 0 Å². The molecule has 1 saturated carbocycles. The molecule has 0 saturated heterocycles. The zero-order valence-corrected chi connectivity index (χ0v) is 15.7. The average Bonchev–Trinajstić information content (AvgIpc) is 2.82. The molecule has 0 bridgehead atoms. The van der Waals surface area contributed by atoms with Crippen molar-refractivity contribution >= 4 is 23.3 Å². The van der Waals surface area contributed by atoms with Crippen LogP contribution in [-0.2, 0) is 19.1 Å². The second kappa shape index (κ2) is 8.75. The maximum Gasteiger partial charge on any atom is 0.307 e. The van der Waals surface area contributed by atoms with Crippen molar-refractivity contribution in [3.8, 4) is 0 Å². The number of nitro groups is 1. The van der Waals surface area contributed by atoms with E-state index in [-0.39, 0.29) is 31.1 Å². The minimum atomic E-state index is -0.722. The summed E-state index contributed by atoms with van der Waals surface area (Å²) in [6.45, 7) is 4.75. The normalized spacial score (nSPS) is 21.7. The summed E-state index contributed by atoms with van der Waals surface area (Å²) in [7, 11) is 0. The second-order valence-electron chi connectivity index (χ2n) is 7.16. The fraction of sp³-hybridized carbons (Fsp3) is 0.526. The molecule has 1 fully saturated rings. The van der Waals surface area contributed by atoms with Crippen LogP contribution in [0.2, 0.25) is 0 Å². The number of Topliss-reactive ketones (excluding diaryl/α,β-unsaturated/α-hetero) is 1. The summed E-state index contributed by atoms with van der Waals surface area (Å²) >= 11 is 0. The molecule has 1 aromatic rings. The van der Waals surface area contributed by atoms with Crippen molar-refractivity contribution < 1.29 is 24.0 Å². The topological polar surface area (TPSA) is 116 Å². The molecule has 1 aliphatic carbocycles. The predicted octanol–water partition coefficient (Wildman–Crippen LogP) is 2.29. The zero-order chi connectivity index (χ0) is 20.1. The number of carbonyl (C=O) groups is 3. The molecule has 0 radical (unpaired) electrons. The van der Waals surface area contributed by atoms with Gasteiger partial charge in [0.1, 0.15) is 5.78 Å². The van der Waals surface area contributed by atoms with E-state index in [1.54, 1.807) is 13.0 Å². The fourth-order valence-corrected chi connectivity index (χ4v) is 3.52. The van der Waals surface area contributed by atoms with Crippen molar-refractivity contribution in [2.24, 2.45) is 17.8 Å². The number of hydrogen-bond acceptors (Lipinski definition) is 6. The van der Waals surface area contributed by atoms with Gasteiger partial charge >= 0.3 is 5.97 Å². The molecule has 1 aromatic carbocycles. The molecule has 3 atom stereocenters. The molecule has 27 heavy (non-hydrogen) atoms. The Morgan fingerprint density at radius 1 is 1.33 bits per heavy atom. The lowest BCUT2D eigenvalue weighted by Gasteiger charge is -2.17. The summed E-state index contributed by atoms with van der Waals surface area (Å²) in [6.07, 6.45) is -0.0117. The highest BCUT2D eigenvalue weighted by molar-refractivity contribution is 5.94. The summed E-state index contributed by atoms with van der Waals surface area (Å²) < 4.78 is 4.97. The van der Waals surface area contributed by atoms with Crippen LogP contribution >= 0.6 is 0 Å². The molecular weight excluding hydrogens is 352 g/mol. The van der Waals surface area contributed by atoms with Gasteiger partial charge in [0, 0.05) is 28.9 Å². The first-order valence-corrected chi connectivity index (χ1v) is 8.84. The maximum absolute atomic E-state index is 12.0. The van der Waals surface area contributed by atoms with Gasteiger partial charge in [0.15, 0.2) is 6.61 Å².